The molecule has 0 amide bonds. The molecule has 1 rings (SSSR count). The Morgan fingerprint density at radius 3 is 2.48 bits per heavy atom. The molecule has 0 aliphatic carbocycles. The van der Waals surface area contributed by atoms with Crippen molar-refractivity contribution in [2.45, 2.75) is 57.4 Å². The smallest absolute Gasteiger partial charge is 0.175 e. The standard InChI is InChI=1S/C17H29NO2S/c1-5-12-18-17(11-6-8-14(2)3)15-9-7-10-16(13-15)21(4,19)20/h7,9-10,13-14,17-18H,5-6,8,11-12H2,1-4H3. The van der Waals surface area contributed by atoms with E-state index in [0.717, 1.165) is 31.4 Å². The number of benzene rings is 1. The van der Waals surface area contributed by atoms with Crippen molar-refractivity contribution in [3.63, 3.8) is 0 Å². The molecule has 1 aromatic rings. The number of hydrogen-bond acceptors (Lipinski definition) is 3. The van der Waals surface area contributed by atoms with E-state index in [9.17, 15) is 8.42 Å². The molecule has 3 nitrogen and oxygen atoms in total. The number of nitrogens with one attached hydrogen (secondary N) is 1. The maximum atomic E-state index is 11.7. The Balaban J connectivity index is 2.86. The predicted molar refractivity (Wildman–Crippen MR) is 89.3 cm³/mol. The zero-order valence-electron chi connectivity index (χ0n) is 13.7. The highest BCUT2D eigenvalue weighted by Crippen LogP contribution is 2.23. The van der Waals surface area contributed by atoms with Gasteiger partial charge in [0, 0.05) is 12.3 Å². The highest BCUT2D eigenvalue weighted by atomic mass is 32.2. The second kappa shape index (κ2) is 8.54. The quantitative estimate of drug-likeness (QED) is 0.751. The first-order valence-corrected chi connectivity index (χ1v) is 9.77. The van der Waals surface area contributed by atoms with E-state index in [2.05, 4.69) is 26.1 Å². The Morgan fingerprint density at radius 1 is 1.19 bits per heavy atom. The van der Waals surface area contributed by atoms with Crippen LogP contribution in [0.2, 0.25) is 0 Å². The van der Waals surface area contributed by atoms with Crippen LogP contribution in [0.15, 0.2) is 29.2 Å². The van der Waals surface area contributed by atoms with E-state index < -0.39 is 9.84 Å². The third kappa shape index (κ3) is 6.62. The fourth-order valence-electron chi connectivity index (χ4n) is 2.40. The number of rotatable bonds is 9. The summed E-state index contributed by atoms with van der Waals surface area (Å²) in [5, 5.41) is 3.54. The van der Waals surface area contributed by atoms with Crippen LogP contribution in [0.3, 0.4) is 0 Å². The van der Waals surface area contributed by atoms with Gasteiger partial charge in [-0.1, -0.05) is 45.7 Å². The van der Waals surface area contributed by atoms with Crippen LogP contribution >= 0.6 is 0 Å². The molecule has 0 aliphatic rings. The van der Waals surface area contributed by atoms with E-state index >= 15 is 0 Å². The summed E-state index contributed by atoms with van der Waals surface area (Å²) in [5.74, 6) is 0.708. The summed E-state index contributed by atoms with van der Waals surface area (Å²) in [5.41, 5.74) is 1.08. The minimum atomic E-state index is -3.14. The van der Waals surface area contributed by atoms with Crippen LogP contribution in [0.1, 0.15) is 58.1 Å². The molecule has 0 aromatic heterocycles. The molecular formula is C17H29NO2S. The van der Waals surface area contributed by atoms with Gasteiger partial charge in [0.1, 0.15) is 0 Å². The second-order valence-corrected chi connectivity index (χ2v) is 8.19. The largest absolute Gasteiger partial charge is 0.310 e. The van der Waals surface area contributed by atoms with Crippen molar-refractivity contribution in [1.82, 2.24) is 5.32 Å². The first-order chi connectivity index (χ1) is 9.84. The Labute approximate surface area is 130 Å². The van der Waals surface area contributed by atoms with Crippen molar-refractivity contribution < 1.29 is 8.42 Å². The number of hydrogen-bond donors (Lipinski definition) is 1. The Kier molecular flexibility index (Phi) is 7.40. The third-order valence-corrected chi connectivity index (χ3v) is 4.71. The van der Waals surface area contributed by atoms with Crippen molar-refractivity contribution in [2.75, 3.05) is 12.8 Å². The fourth-order valence-corrected chi connectivity index (χ4v) is 3.07. The van der Waals surface area contributed by atoms with Crippen LogP contribution in [-0.4, -0.2) is 21.2 Å². The molecule has 0 fully saturated rings. The number of sulfone groups is 1. The van der Waals surface area contributed by atoms with Gasteiger partial charge in [0.25, 0.3) is 0 Å². The molecule has 1 N–H and O–H groups in total. The molecule has 1 atom stereocenters. The molecule has 21 heavy (non-hydrogen) atoms. The fraction of sp³-hybridized carbons (Fsp3) is 0.647. The van der Waals surface area contributed by atoms with E-state index in [4.69, 9.17) is 0 Å². The van der Waals surface area contributed by atoms with Gasteiger partial charge >= 0.3 is 0 Å². The van der Waals surface area contributed by atoms with E-state index in [1.807, 2.05) is 18.2 Å². The average molecular weight is 311 g/mol. The summed E-state index contributed by atoms with van der Waals surface area (Å²) in [6.45, 7) is 7.57. The Hall–Kier alpha value is -0.870. The minimum absolute atomic E-state index is 0.241. The zero-order valence-corrected chi connectivity index (χ0v) is 14.5. The van der Waals surface area contributed by atoms with Gasteiger partial charge in [-0.3, -0.25) is 0 Å². The van der Waals surface area contributed by atoms with E-state index in [1.165, 1.54) is 12.7 Å². The summed E-state index contributed by atoms with van der Waals surface area (Å²) >= 11 is 0. The molecule has 0 radical (unpaired) electrons. The molecule has 0 heterocycles. The molecule has 4 heteroatoms. The lowest BCUT2D eigenvalue weighted by molar-refractivity contribution is 0.447. The van der Waals surface area contributed by atoms with Gasteiger partial charge in [-0.2, -0.15) is 0 Å². The first kappa shape index (κ1) is 18.2. The van der Waals surface area contributed by atoms with Crippen molar-refractivity contribution in [3.8, 4) is 0 Å². The second-order valence-electron chi connectivity index (χ2n) is 6.18. The lowest BCUT2D eigenvalue weighted by Crippen LogP contribution is -2.22. The Bertz CT molecular complexity index is 523. The van der Waals surface area contributed by atoms with Crippen molar-refractivity contribution in [3.05, 3.63) is 29.8 Å². The molecule has 1 aromatic carbocycles. The molecular weight excluding hydrogens is 282 g/mol. The summed E-state index contributed by atoms with van der Waals surface area (Å²) in [7, 11) is -3.14. The van der Waals surface area contributed by atoms with Gasteiger partial charge in [0.2, 0.25) is 0 Å². The van der Waals surface area contributed by atoms with Crippen LogP contribution in [0, 0.1) is 5.92 Å². The summed E-state index contributed by atoms with van der Waals surface area (Å²) in [6, 6.07) is 7.60. The molecule has 0 saturated carbocycles. The van der Waals surface area contributed by atoms with Crippen molar-refractivity contribution >= 4 is 9.84 Å². The van der Waals surface area contributed by atoms with Gasteiger partial charge in [0.05, 0.1) is 4.90 Å². The molecule has 0 spiro atoms. The van der Waals surface area contributed by atoms with E-state index in [0.29, 0.717) is 10.8 Å². The predicted octanol–water partition coefficient (Wildman–Crippen LogP) is 3.96. The average Bonchev–Trinajstić information content (AvgIpc) is 2.41. The molecule has 120 valence electrons. The summed E-state index contributed by atoms with van der Waals surface area (Å²) in [4.78, 5) is 0.409. The summed E-state index contributed by atoms with van der Waals surface area (Å²) in [6.07, 6.45) is 5.75. The monoisotopic (exact) mass is 311 g/mol. The zero-order chi connectivity index (χ0) is 15.9. The minimum Gasteiger partial charge on any atom is -0.310 e. The van der Waals surface area contributed by atoms with Gasteiger partial charge in [0.15, 0.2) is 9.84 Å². The topological polar surface area (TPSA) is 46.2 Å². The van der Waals surface area contributed by atoms with Crippen molar-refractivity contribution in [1.29, 1.82) is 0 Å². The highest BCUT2D eigenvalue weighted by molar-refractivity contribution is 7.90. The third-order valence-electron chi connectivity index (χ3n) is 3.60. The Morgan fingerprint density at radius 2 is 1.90 bits per heavy atom. The molecule has 0 saturated heterocycles. The summed E-state index contributed by atoms with van der Waals surface area (Å²) < 4.78 is 23.4. The molecule has 0 bridgehead atoms. The van der Waals surface area contributed by atoms with E-state index in [-0.39, 0.29) is 6.04 Å². The van der Waals surface area contributed by atoms with E-state index in [1.54, 1.807) is 6.07 Å². The van der Waals surface area contributed by atoms with Crippen LogP contribution in [0.25, 0.3) is 0 Å². The lowest BCUT2D eigenvalue weighted by Gasteiger charge is -2.20. The van der Waals surface area contributed by atoms with Crippen LogP contribution in [0.5, 0.6) is 0 Å². The SMILES string of the molecule is CCCNC(CCCC(C)C)c1cccc(S(C)(=O)=O)c1. The van der Waals surface area contributed by atoms with Gasteiger partial charge in [-0.05, 0) is 43.0 Å². The maximum absolute atomic E-state index is 11.7. The first-order valence-electron chi connectivity index (χ1n) is 7.88. The van der Waals surface area contributed by atoms with Crippen LogP contribution in [0.4, 0.5) is 0 Å². The van der Waals surface area contributed by atoms with Gasteiger partial charge < -0.3 is 5.32 Å². The lowest BCUT2D eigenvalue weighted by atomic mass is 9.98. The van der Waals surface area contributed by atoms with Crippen LogP contribution < -0.4 is 5.32 Å². The van der Waals surface area contributed by atoms with Crippen LogP contribution in [-0.2, 0) is 9.84 Å². The normalized spacial score (nSPS) is 13.6. The maximum Gasteiger partial charge on any atom is 0.175 e. The van der Waals surface area contributed by atoms with Gasteiger partial charge in [-0.25, -0.2) is 8.42 Å². The molecule has 0 aliphatic heterocycles. The molecule has 1 unspecified atom stereocenters. The van der Waals surface area contributed by atoms with Crippen molar-refractivity contribution in [2.24, 2.45) is 5.92 Å². The highest BCUT2D eigenvalue weighted by Gasteiger charge is 2.14. The van der Waals surface area contributed by atoms with Gasteiger partial charge in [-0.15, -0.1) is 0 Å².